The highest BCUT2D eigenvalue weighted by Gasteiger charge is 2.45. The van der Waals surface area contributed by atoms with Crippen molar-refractivity contribution in [2.24, 2.45) is 16.5 Å². The molecule has 2 aliphatic heterocycles. The number of benzene rings is 1. The average molecular weight is 494 g/mol. The maximum absolute atomic E-state index is 13.8. The number of hydrogen-bond acceptors (Lipinski definition) is 7. The molecule has 2 aromatic heterocycles. The second kappa shape index (κ2) is 8.24. The Morgan fingerprint density at radius 3 is 2.79 bits per heavy atom. The summed E-state index contributed by atoms with van der Waals surface area (Å²) in [7, 11) is 0. The van der Waals surface area contributed by atoms with Gasteiger partial charge >= 0.3 is 6.55 Å². The quantitative estimate of drug-likeness (QED) is 0.563. The van der Waals surface area contributed by atoms with Gasteiger partial charge in [-0.05, 0) is 17.7 Å². The summed E-state index contributed by atoms with van der Waals surface area (Å²) in [4.78, 5) is 11.3. The number of amidine groups is 1. The summed E-state index contributed by atoms with van der Waals surface area (Å²) in [5, 5.41) is 6.47. The summed E-state index contributed by atoms with van der Waals surface area (Å²) in [5.74, 6) is 0.0891. The molecule has 0 aliphatic carbocycles. The molecule has 2 atom stereocenters. The van der Waals surface area contributed by atoms with Crippen molar-refractivity contribution in [3.05, 3.63) is 74.8 Å². The maximum Gasteiger partial charge on any atom is 0.333 e. The van der Waals surface area contributed by atoms with Crippen LogP contribution in [0.25, 0.3) is 5.57 Å². The Morgan fingerprint density at radius 1 is 1.33 bits per heavy atom. The van der Waals surface area contributed by atoms with Gasteiger partial charge in [0.1, 0.15) is 11.9 Å². The van der Waals surface area contributed by atoms with E-state index < -0.39 is 23.9 Å². The van der Waals surface area contributed by atoms with E-state index in [-0.39, 0.29) is 11.6 Å². The SMILES string of the molecule is NC[C@@]1(N)CC2=C(c3cnn(C(F)F)c3)[C@H](c3ccc(F)cc3Cl)N=C(c3nccs3)N2C1. The van der Waals surface area contributed by atoms with E-state index in [0.717, 1.165) is 5.70 Å². The minimum Gasteiger partial charge on any atom is -0.329 e. The number of nitrogens with zero attached hydrogens (tertiary/aromatic N) is 5. The standard InChI is InChI=1S/C21H19ClF3N7S/c22-14-5-12(23)1-2-13(14)17-16(11-7-29-32(8-11)20(24)25)15-6-21(27,9-26)10-31(15)18(30-17)19-28-3-4-33-19/h1-5,7-8,17,20H,6,9-10,26-27H2/t17-,21-/m0/s1. The first-order chi connectivity index (χ1) is 15.8. The second-order valence-corrected chi connectivity index (χ2v) is 9.34. The molecule has 4 N–H and O–H groups in total. The lowest BCUT2D eigenvalue weighted by atomic mass is 9.89. The average Bonchev–Trinajstić information content (AvgIpc) is 3.52. The van der Waals surface area contributed by atoms with Gasteiger partial charge in [0.05, 0.1) is 11.7 Å². The van der Waals surface area contributed by atoms with Crippen LogP contribution in [0.2, 0.25) is 5.02 Å². The Morgan fingerprint density at radius 2 is 2.15 bits per heavy atom. The molecule has 0 bridgehead atoms. The van der Waals surface area contributed by atoms with Crippen LogP contribution in [0.4, 0.5) is 13.2 Å². The van der Waals surface area contributed by atoms with Crippen LogP contribution in [-0.2, 0) is 0 Å². The van der Waals surface area contributed by atoms with E-state index in [1.807, 2.05) is 10.3 Å². The summed E-state index contributed by atoms with van der Waals surface area (Å²) in [6.45, 7) is -2.20. The number of aliphatic imine (C=N–C) groups is 1. The van der Waals surface area contributed by atoms with E-state index in [0.29, 0.717) is 45.2 Å². The minimum absolute atomic E-state index is 0.172. The van der Waals surface area contributed by atoms with Crippen LogP contribution in [-0.4, -0.2) is 44.1 Å². The second-order valence-electron chi connectivity index (χ2n) is 8.03. The molecule has 12 heteroatoms. The molecule has 3 aromatic rings. The molecule has 0 saturated carbocycles. The molecule has 0 amide bonds. The number of alkyl halides is 2. The third kappa shape index (κ3) is 3.84. The molecule has 2 aliphatic rings. The molecular weight excluding hydrogens is 475 g/mol. The molecule has 0 radical (unpaired) electrons. The van der Waals surface area contributed by atoms with Crippen molar-refractivity contribution in [3.8, 4) is 0 Å². The number of rotatable bonds is 5. The van der Waals surface area contributed by atoms with E-state index >= 15 is 0 Å². The largest absolute Gasteiger partial charge is 0.333 e. The summed E-state index contributed by atoms with van der Waals surface area (Å²) in [5.41, 5.74) is 14.2. The first-order valence-corrected chi connectivity index (χ1v) is 11.3. The first kappa shape index (κ1) is 22.1. The van der Waals surface area contributed by atoms with Gasteiger partial charge in [-0.25, -0.2) is 14.1 Å². The number of hydrogen-bond donors (Lipinski definition) is 2. The number of halogens is 4. The zero-order valence-corrected chi connectivity index (χ0v) is 18.7. The molecule has 0 unspecified atom stereocenters. The molecule has 1 aromatic carbocycles. The number of aromatic nitrogens is 3. The number of thiazole rings is 1. The fourth-order valence-electron chi connectivity index (χ4n) is 4.25. The van der Waals surface area contributed by atoms with Gasteiger partial charge in [0, 0.05) is 59.1 Å². The molecule has 7 nitrogen and oxygen atoms in total. The van der Waals surface area contributed by atoms with Crippen LogP contribution in [0, 0.1) is 5.82 Å². The Balaban J connectivity index is 1.76. The topological polar surface area (TPSA) is 98.4 Å². The highest BCUT2D eigenvalue weighted by atomic mass is 35.5. The maximum atomic E-state index is 13.8. The van der Waals surface area contributed by atoms with Gasteiger partial charge in [0.15, 0.2) is 10.8 Å². The summed E-state index contributed by atoms with van der Waals surface area (Å²) >= 11 is 7.83. The third-order valence-corrected chi connectivity index (χ3v) is 6.91. The van der Waals surface area contributed by atoms with Crippen molar-refractivity contribution in [1.29, 1.82) is 0 Å². The van der Waals surface area contributed by atoms with Gasteiger partial charge in [0.2, 0.25) is 0 Å². The monoisotopic (exact) mass is 493 g/mol. The normalized spacial score (nSPS) is 22.8. The Labute approximate surface area is 196 Å². The molecular formula is C21H19ClF3N7S. The highest BCUT2D eigenvalue weighted by molar-refractivity contribution is 7.11. The zero-order valence-electron chi connectivity index (χ0n) is 17.1. The lowest BCUT2D eigenvalue weighted by molar-refractivity contribution is 0.0566. The lowest BCUT2D eigenvalue weighted by Crippen LogP contribution is -2.49. The van der Waals surface area contributed by atoms with Crippen molar-refractivity contribution in [3.63, 3.8) is 0 Å². The van der Waals surface area contributed by atoms with Gasteiger partial charge in [-0.2, -0.15) is 13.9 Å². The van der Waals surface area contributed by atoms with E-state index in [9.17, 15) is 13.2 Å². The van der Waals surface area contributed by atoms with Crippen molar-refractivity contribution in [2.75, 3.05) is 13.1 Å². The number of fused-ring (bicyclic) bond motifs is 1. The fourth-order valence-corrected chi connectivity index (χ4v) is 5.16. The predicted molar refractivity (Wildman–Crippen MR) is 120 cm³/mol. The fraction of sp³-hybridized carbons (Fsp3) is 0.286. The smallest absolute Gasteiger partial charge is 0.329 e. The van der Waals surface area contributed by atoms with Crippen LogP contribution in [0.15, 0.2) is 52.9 Å². The van der Waals surface area contributed by atoms with Crippen LogP contribution < -0.4 is 11.5 Å². The molecule has 172 valence electrons. The van der Waals surface area contributed by atoms with E-state index in [1.54, 1.807) is 12.3 Å². The van der Waals surface area contributed by atoms with Crippen molar-refractivity contribution in [2.45, 2.75) is 24.6 Å². The number of nitrogens with two attached hydrogens (primary N) is 2. The minimum atomic E-state index is -2.80. The van der Waals surface area contributed by atoms with Crippen LogP contribution in [0.3, 0.4) is 0 Å². The molecule has 5 rings (SSSR count). The molecule has 1 saturated heterocycles. The van der Waals surface area contributed by atoms with E-state index in [4.69, 9.17) is 28.1 Å². The van der Waals surface area contributed by atoms with Crippen LogP contribution in [0.5, 0.6) is 0 Å². The van der Waals surface area contributed by atoms with Crippen molar-refractivity contribution >= 4 is 34.3 Å². The Bertz CT molecular complexity index is 1260. The molecule has 33 heavy (non-hydrogen) atoms. The van der Waals surface area contributed by atoms with E-state index in [1.165, 1.54) is 35.9 Å². The predicted octanol–water partition coefficient (Wildman–Crippen LogP) is 3.80. The summed E-state index contributed by atoms with van der Waals surface area (Å²) in [6, 6.07) is 3.33. The van der Waals surface area contributed by atoms with Gasteiger partial charge in [-0.1, -0.05) is 17.7 Å². The van der Waals surface area contributed by atoms with Crippen molar-refractivity contribution in [1.82, 2.24) is 19.7 Å². The van der Waals surface area contributed by atoms with Gasteiger partial charge < -0.3 is 16.4 Å². The Kier molecular flexibility index (Phi) is 5.52. The van der Waals surface area contributed by atoms with Crippen molar-refractivity contribution < 1.29 is 13.2 Å². The lowest BCUT2D eigenvalue weighted by Gasteiger charge is -2.32. The van der Waals surface area contributed by atoms with Gasteiger partial charge in [-0.15, -0.1) is 11.3 Å². The Hall–Kier alpha value is -2.73. The summed E-state index contributed by atoms with van der Waals surface area (Å²) in [6.07, 6.45) is 4.68. The zero-order chi connectivity index (χ0) is 23.3. The first-order valence-electron chi connectivity index (χ1n) is 10.0. The van der Waals surface area contributed by atoms with Crippen LogP contribution in [0.1, 0.15) is 35.1 Å². The van der Waals surface area contributed by atoms with Gasteiger partial charge in [0.25, 0.3) is 0 Å². The van der Waals surface area contributed by atoms with Gasteiger partial charge in [-0.3, -0.25) is 4.99 Å². The molecule has 4 heterocycles. The third-order valence-electron chi connectivity index (χ3n) is 5.81. The van der Waals surface area contributed by atoms with E-state index in [2.05, 4.69) is 10.1 Å². The summed E-state index contributed by atoms with van der Waals surface area (Å²) < 4.78 is 41.0. The molecule has 0 spiro atoms. The molecule has 1 fully saturated rings. The van der Waals surface area contributed by atoms with Crippen LogP contribution >= 0.6 is 22.9 Å². The highest BCUT2D eigenvalue weighted by Crippen LogP contribution is 2.47.